The van der Waals surface area contributed by atoms with Gasteiger partial charge < -0.3 is 9.15 Å². The zero-order chi connectivity index (χ0) is 21.4. The van der Waals surface area contributed by atoms with E-state index in [4.69, 9.17) is 9.15 Å². The Bertz CT molecular complexity index is 1260. The van der Waals surface area contributed by atoms with Crippen LogP contribution in [0, 0.1) is 0 Å². The third kappa shape index (κ3) is 3.63. The van der Waals surface area contributed by atoms with E-state index < -0.39 is 12.3 Å². The lowest BCUT2D eigenvalue weighted by Crippen LogP contribution is -2.31. The van der Waals surface area contributed by atoms with E-state index in [1.807, 2.05) is 28.8 Å². The van der Waals surface area contributed by atoms with Gasteiger partial charge in [-0.05, 0) is 37.1 Å². The van der Waals surface area contributed by atoms with Crippen LogP contribution in [0.5, 0.6) is 0 Å². The maximum absolute atomic E-state index is 13.3. The second-order valence-corrected chi connectivity index (χ2v) is 7.36. The first-order chi connectivity index (χ1) is 15.1. The van der Waals surface area contributed by atoms with Crippen molar-refractivity contribution in [1.29, 1.82) is 0 Å². The van der Waals surface area contributed by atoms with E-state index in [1.165, 1.54) is 6.20 Å². The number of imidazole rings is 1. The molecule has 1 aliphatic heterocycles. The highest BCUT2D eigenvalue weighted by Gasteiger charge is 2.23. The molecule has 0 unspecified atom stereocenters. The third-order valence-corrected chi connectivity index (χ3v) is 5.44. The molecule has 0 N–H and O–H groups in total. The van der Waals surface area contributed by atoms with Crippen molar-refractivity contribution in [3.8, 4) is 11.5 Å². The van der Waals surface area contributed by atoms with Crippen molar-refractivity contribution in [2.45, 2.75) is 31.9 Å². The molecule has 0 spiro atoms. The van der Waals surface area contributed by atoms with Crippen molar-refractivity contribution >= 4 is 11.0 Å². The minimum Gasteiger partial charge on any atom is -0.415 e. The molecular formula is C21H19F2N5O3. The molecule has 0 aliphatic carbocycles. The molecule has 0 atom stereocenters. The van der Waals surface area contributed by atoms with E-state index in [0.717, 1.165) is 23.9 Å². The molecule has 0 bridgehead atoms. The summed E-state index contributed by atoms with van der Waals surface area (Å²) >= 11 is 0. The normalized spacial score (nSPS) is 15.2. The zero-order valence-corrected chi connectivity index (χ0v) is 16.4. The summed E-state index contributed by atoms with van der Waals surface area (Å²) in [6.07, 6.45) is 0.242. The Morgan fingerprint density at radius 3 is 2.52 bits per heavy atom. The van der Waals surface area contributed by atoms with Crippen LogP contribution in [0.25, 0.3) is 22.5 Å². The Morgan fingerprint density at radius 1 is 1.06 bits per heavy atom. The molecule has 0 radical (unpaired) electrons. The first kappa shape index (κ1) is 19.6. The van der Waals surface area contributed by atoms with Crippen molar-refractivity contribution in [3.63, 3.8) is 0 Å². The predicted octanol–water partition coefficient (Wildman–Crippen LogP) is 3.59. The second kappa shape index (κ2) is 8.03. The number of benzene rings is 1. The highest BCUT2D eigenvalue weighted by atomic mass is 19.3. The smallest absolute Gasteiger partial charge is 0.329 e. The van der Waals surface area contributed by atoms with E-state index in [2.05, 4.69) is 15.2 Å². The van der Waals surface area contributed by atoms with E-state index in [-0.39, 0.29) is 24.2 Å². The monoisotopic (exact) mass is 427 g/mol. The lowest BCUT2D eigenvalue weighted by Gasteiger charge is -2.23. The van der Waals surface area contributed by atoms with Crippen molar-refractivity contribution in [2.24, 2.45) is 0 Å². The van der Waals surface area contributed by atoms with Crippen molar-refractivity contribution < 1.29 is 17.9 Å². The van der Waals surface area contributed by atoms with Crippen LogP contribution in [0.2, 0.25) is 0 Å². The van der Waals surface area contributed by atoms with Crippen LogP contribution in [0.4, 0.5) is 8.78 Å². The van der Waals surface area contributed by atoms with Gasteiger partial charge in [0.05, 0.1) is 28.8 Å². The van der Waals surface area contributed by atoms with E-state index in [9.17, 15) is 13.6 Å². The molecule has 4 heterocycles. The van der Waals surface area contributed by atoms with E-state index in [0.29, 0.717) is 24.5 Å². The molecular weight excluding hydrogens is 408 g/mol. The largest absolute Gasteiger partial charge is 0.415 e. The fraction of sp³-hybridized carbons (Fsp3) is 0.333. The van der Waals surface area contributed by atoms with Gasteiger partial charge in [-0.1, -0.05) is 12.1 Å². The first-order valence-corrected chi connectivity index (χ1v) is 9.96. The van der Waals surface area contributed by atoms with Gasteiger partial charge in [0, 0.05) is 25.5 Å². The topological polar surface area (TPSA) is 88.0 Å². The van der Waals surface area contributed by atoms with Crippen LogP contribution in [0.1, 0.15) is 36.9 Å². The van der Waals surface area contributed by atoms with E-state index >= 15 is 0 Å². The number of halogens is 2. The average molecular weight is 427 g/mol. The molecule has 4 aromatic rings. The summed E-state index contributed by atoms with van der Waals surface area (Å²) in [6.45, 7) is 1.56. The summed E-state index contributed by atoms with van der Waals surface area (Å²) in [6, 6.07) is 11.2. The van der Waals surface area contributed by atoms with E-state index in [1.54, 1.807) is 16.7 Å². The van der Waals surface area contributed by atoms with Crippen LogP contribution in [-0.2, 0) is 11.3 Å². The quantitative estimate of drug-likeness (QED) is 0.484. The lowest BCUT2D eigenvalue weighted by molar-refractivity contribution is 0.0696. The number of aromatic nitrogens is 5. The molecule has 1 aliphatic rings. The Hall–Kier alpha value is -3.40. The van der Waals surface area contributed by atoms with Gasteiger partial charge >= 0.3 is 12.1 Å². The SMILES string of the molecule is O=c1n(Cc2ccc(-c3nnc(C(F)F)o3)cn2)c2ccccc2n1C1CCOCC1. The Balaban J connectivity index is 1.46. The standard InChI is InChI=1S/C21H19F2N5O3/c22-18(23)20-26-25-19(31-20)13-5-6-14(24-11-13)12-27-16-3-1-2-4-17(16)28(21(27)29)15-7-9-30-10-8-15/h1-6,11,15,18H,7-10,12H2. The minimum absolute atomic E-state index is 0.0253. The van der Waals surface area contributed by atoms with Crippen molar-refractivity contribution in [2.75, 3.05) is 13.2 Å². The molecule has 31 heavy (non-hydrogen) atoms. The molecule has 160 valence electrons. The molecule has 0 amide bonds. The maximum atomic E-state index is 13.3. The summed E-state index contributed by atoms with van der Waals surface area (Å²) < 4.78 is 39.3. The predicted molar refractivity (Wildman–Crippen MR) is 107 cm³/mol. The Kier molecular flexibility index (Phi) is 5.06. The Morgan fingerprint density at radius 2 is 1.84 bits per heavy atom. The van der Waals surface area contributed by atoms with Gasteiger partial charge in [-0.3, -0.25) is 14.1 Å². The molecule has 5 rings (SSSR count). The van der Waals surface area contributed by atoms with Crippen LogP contribution >= 0.6 is 0 Å². The van der Waals surface area contributed by atoms with Gasteiger partial charge in [0.1, 0.15) is 0 Å². The van der Waals surface area contributed by atoms with Crippen molar-refractivity contribution in [3.05, 3.63) is 64.7 Å². The van der Waals surface area contributed by atoms with Gasteiger partial charge in [0.15, 0.2) is 0 Å². The molecule has 0 saturated carbocycles. The molecule has 1 aromatic carbocycles. The first-order valence-electron chi connectivity index (χ1n) is 9.96. The average Bonchev–Trinajstić information content (AvgIpc) is 3.39. The molecule has 10 heteroatoms. The molecule has 1 fully saturated rings. The highest BCUT2D eigenvalue weighted by Crippen LogP contribution is 2.26. The summed E-state index contributed by atoms with van der Waals surface area (Å²) in [5.74, 6) is -0.755. The van der Waals surface area contributed by atoms with Gasteiger partial charge in [0.2, 0.25) is 5.89 Å². The Labute approximate surface area is 175 Å². The number of rotatable bonds is 5. The summed E-state index contributed by atoms with van der Waals surface area (Å²) in [5.41, 5.74) is 2.72. The fourth-order valence-electron chi connectivity index (χ4n) is 3.93. The van der Waals surface area contributed by atoms with Crippen LogP contribution in [-0.4, -0.2) is 37.5 Å². The number of fused-ring (bicyclic) bond motifs is 1. The highest BCUT2D eigenvalue weighted by molar-refractivity contribution is 5.76. The number of nitrogens with zero attached hydrogens (tertiary/aromatic N) is 5. The molecule has 8 nitrogen and oxygen atoms in total. The molecule has 1 saturated heterocycles. The van der Waals surface area contributed by atoms with Crippen LogP contribution in [0.15, 0.2) is 51.8 Å². The van der Waals surface area contributed by atoms with Gasteiger partial charge in [-0.15, -0.1) is 10.2 Å². The number of hydrogen-bond acceptors (Lipinski definition) is 6. The zero-order valence-electron chi connectivity index (χ0n) is 16.4. The van der Waals surface area contributed by atoms with Gasteiger partial charge in [0.25, 0.3) is 5.89 Å². The number of hydrogen-bond donors (Lipinski definition) is 0. The minimum atomic E-state index is -2.83. The second-order valence-electron chi connectivity index (χ2n) is 7.36. The number of para-hydroxylation sites is 2. The summed E-state index contributed by atoms with van der Waals surface area (Å²) in [4.78, 5) is 17.7. The van der Waals surface area contributed by atoms with Gasteiger partial charge in [-0.2, -0.15) is 8.78 Å². The van der Waals surface area contributed by atoms with Gasteiger partial charge in [-0.25, -0.2) is 4.79 Å². The fourth-order valence-corrected chi connectivity index (χ4v) is 3.93. The summed E-state index contributed by atoms with van der Waals surface area (Å²) in [7, 11) is 0. The number of alkyl halides is 2. The van der Waals surface area contributed by atoms with Crippen molar-refractivity contribution in [1.82, 2.24) is 24.3 Å². The summed E-state index contributed by atoms with van der Waals surface area (Å²) in [5, 5.41) is 6.95. The number of ether oxygens (including phenoxy) is 1. The number of pyridine rings is 1. The lowest BCUT2D eigenvalue weighted by atomic mass is 10.1. The van der Waals surface area contributed by atoms with Crippen LogP contribution < -0.4 is 5.69 Å². The maximum Gasteiger partial charge on any atom is 0.329 e. The third-order valence-electron chi connectivity index (χ3n) is 5.44. The molecule has 3 aromatic heterocycles. The van der Waals surface area contributed by atoms with Crippen LogP contribution in [0.3, 0.4) is 0 Å².